The van der Waals surface area contributed by atoms with Gasteiger partial charge in [0.1, 0.15) is 22.9 Å². The van der Waals surface area contributed by atoms with Crippen LogP contribution >= 0.6 is 46.2 Å². The number of aromatic hydroxyl groups is 1. The first-order valence-electron chi connectivity index (χ1n) is 10.5. The van der Waals surface area contributed by atoms with Crippen LogP contribution in [0.5, 0.6) is 17.2 Å². The van der Waals surface area contributed by atoms with Crippen LogP contribution in [0, 0.1) is 0 Å². The van der Waals surface area contributed by atoms with Crippen molar-refractivity contribution in [2.75, 3.05) is 19.1 Å². The van der Waals surface area contributed by atoms with Gasteiger partial charge < -0.3 is 15.2 Å². The Balaban J connectivity index is 0.000000201. The second-order valence-electron chi connectivity index (χ2n) is 6.99. The van der Waals surface area contributed by atoms with Crippen LogP contribution in [0.1, 0.15) is 17.4 Å². The molecule has 7 nitrogen and oxygen atoms in total. The zero-order valence-electron chi connectivity index (χ0n) is 19.1. The van der Waals surface area contributed by atoms with Crippen molar-refractivity contribution in [1.29, 1.82) is 0 Å². The van der Waals surface area contributed by atoms with Crippen LogP contribution < -0.4 is 10.1 Å². The minimum absolute atomic E-state index is 0.211. The molecule has 2 aromatic carbocycles. The molecule has 0 saturated heterocycles. The number of thioether (sulfide) groups is 2. The lowest BCUT2D eigenvalue weighted by molar-refractivity contribution is 0.0950. The lowest BCUT2D eigenvalue weighted by atomic mass is 10.3. The lowest BCUT2D eigenvalue weighted by Gasteiger charge is -2.07. The smallest absolute Gasteiger partial charge is 0.270 e. The second kappa shape index (κ2) is 11.7. The standard InChI is InChI=1S/C16H15N3O2S2.C8H7NOS2/c1-3-17-15(20)13-9-11(6-7-18-13)21-10-4-5-14-12(8-10)19-16(22-2)23-14;1-11-8-9-6-4-5(10)2-3-7(6)12-8/h4-9H,3H2,1-2H3,(H,17,20);2-4,10H,1H3. The largest absolute Gasteiger partial charge is 0.508 e. The number of phenols is 1. The topological polar surface area (TPSA) is 97.2 Å². The summed E-state index contributed by atoms with van der Waals surface area (Å²) in [5.74, 6) is 1.32. The first-order chi connectivity index (χ1) is 17.0. The van der Waals surface area contributed by atoms with Crippen molar-refractivity contribution in [1.82, 2.24) is 20.3 Å². The number of rotatable bonds is 6. The number of pyridine rings is 1. The Bertz CT molecular complexity index is 1470. The number of hydrogen-bond acceptors (Lipinski definition) is 10. The van der Waals surface area contributed by atoms with Crippen LogP contribution in [0.25, 0.3) is 20.4 Å². The summed E-state index contributed by atoms with van der Waals surface area (Å²) < 4.78 is 10.1. The number of thiazole rings is 2. The Morgan fingerprint density at radius 2 is 1.57 bits per heavy atom. The van der Waals surface area contributed by atoms with E-state index in [1.165, 1.54) is 0 Å². The number of carbonyl (C=O) groups is 1. The van der Waals surface area contributed by atoms with Crippen LogP contribution in [-0.2, 0) is 0 Å². The predicted molar refractivity (Wildman–Crippen MR) is 147 cm³/mol. The Kier molecular flexibility index (Phi) is 8.45. The highest BCUT2D eigenvalue weighted by atomic mass is 32.2. The SMILES string of the molecule is CCNC(=O)c1cc(Oc2ccc3sc(SC)nc3c2)ccn1.CSc1nc2cc(O)ccc2s1. The number of nitrogens with zero attached hydrogens (tertiary/aromatic N) is 3. The van der Waals surface area contributed by atoms with Crippen molar-refractivity contribution in [3.8, 4) is 17.2 Å². The average Bonchev–Trinajstić information content (AvgIpc) is 3.47. The minimum atomic E-state index is -0.211. The van der Waals surface area contributed by atoms with Gasteiger partial charge in [0.05, 0.1) is 20.4 Å². The van der Waals surface area contributed by atoms with E-state index in [1.54, 1.807) is 76.7 Å². The number of phenolic OH excluding ortho intramolecular Hbond substituents is 1. The average molecular weight is 543 g/mol. The van der Waals surface area contributed by atoms with Gasteiger partial charge in [-0.25, -0.2) is 9.97 Å². The molecule has 5 aromatic rings. The summed E-state index contributed by atoms with van der Waals surface area (Å²) in [6.07, 6.45) is 5.57. The Morgan fingerprint density at radius 1 is 0.943 bits per heavy atom. The van der Waals surface area contributed by atoms with E-state index in [9.17, 15) is 9.90 Å². The monoisotopic (exact) mass is 542 g/mol. The molecule has 2 N–H and O–H groups in total. The van der Waals surface area contributed by atoms with E-state index in [0.717, 1.165) is 29.1 Å². The predicted octanol–water partition coefficient (Wildman–Crippen LogP) is 6.68. The fourth-order valence-electron chi connectivity index (χ4n) is 3.00. The molecule has 0 unspecified atom stereocenters. The van der Waals surface area contributed by atoms with Gasteiger partial charge in [-0.05, 0) is 49.8 Å². The number of nitrogens with one attached hydrogen (secondary N) is 1. The molecule has 0 aliphatic heterocycles. The molecule has 0 radical (unpaired) electrons. The third-order valence-corrected chi connectivity index (χ3v) is 8.62. The summed E-state index contributed by atoms with van der Waals surface area (Å²) in [7, 11) is 0. The van der Waals surface area contributed by atoms with Gasteiger partial charge in [0.15, 0.2) is 8.68 Å². The Labute approximate surface area is 219 Å². The molecule has 3 heterocycles. The maximum atomic E-state index is 11.8. The number of ether oxygens (including phenoxy) is 1. The van der Waals surface area contributed by atoms with E-state index >= 15 is 0 Å². The second-order valence-corrected chi connectivity index (χ2v) is 11.2. The fourth-order valence-corrected chi connectivity index (χ4v) is 5.94. The number of fused-ring (bicyclic) bond motifs is 2. The summed E-state index contributed by atoms with van der Waals surface area (Å²) in [4.78, 5) is 24.7. The van der Waals surface area contributed by atoms with Gasteiger partial charge in [-0.2, -0.15) is 0 Å². The van der Waals surface area contributed by atoms with E-state index in [4.69, 9.17) is 4.74 Å². The number of amides is 1. The quantitative estimate of drug-likeness (QED) is 0.229. The summed E-state index contributed by atoms with van der Waals surface area (Å²) in [5, 5.41) is 11.9. The molecule has 0 aliphatic carbocycles. The number of carbonyl (C=O) groups excluding carboxylic acids is 1. The molecule has 35 heavy (non-hydrogen) atoms. The van der Waals surface area contributed by atoms with E-state index in [0.29, 0.717) is 23.7 Å². The van der Waals surface area contributed by atoms with E-state index < -0.39 is 0 Å². The summed E-state index contributed by atoms with van der Waals surface area (Å²) in [5.41, 5.74) is 2.13. The molecule has 0 atom stereocenters. The van der Waals surface area contributed by atoms with Crippen LogP contribution in [0.2, 0.25) is 0 Å². The van der Waals surface area contributed by atoms with Gasteiger partial charge in [-0.15, -0.1) is 22.7 Å². The van der Waals surface area contributed by atoms with Crippen LogP contribution in [-0.4, -0.2) is 45.0 Å². The third-order valence-electron chi connectivity index (χ3n) is 4.58. The zero-order chi connectivity index (χ0) is 24.8. The highest BCUT2D eigenvalue weighted by Crippen LogP contribution is 2.32. The van der Waals surface area contributed by atoms with Gasteiger partial charge >= 0.3 is 0 Å². The van der Waals surface area contributed by atoms with Crippen molar-refractivity contribution in [3.63, 3.8) is 0 Å². The highest BCUT2D eigenvalue weighted by Gasteiger charge is 2.09. The summed E-state index contributed by atoms with van der Waals surface area (Å²) in [6, 6.07) is 14.4. The number of benzene rings is 2. The van der Waals surface area contributed by atoms with E-state index in [1.807, 2.05) is 43.7 Å². The van der Waals surface area contributed by atoms with Crippen molar-refractivity contribution in [2.45, 2.75) is 15.6 Å². The summed E-state index contributed by atoms with van der Waals surface area (Å²) in [6.45, 7) is 2.42. The minimum Gasteiger partial charge on any atom is -0.508 e. The maximum Gasteiger partial charge on any atom is 0.270 e. The first-order valence-corrected chi connectivity index (χ1v) is 14.6. The van der Waals surface area contributed by atoms with Crippen molar-refractivity contribution >= 4 is 72.5 Å². The molecule has 0 aliphatic rings. The van der Waals surface area contributed by atoms with Crippen LogP contribution in [0.4, 0.5) is 0 Å². The molecular formula is C24H22N4O3S4. The molecule has 11 heteroatoms. The van der Waals surface area contributed by atoms with Gasteiger partial charge in [0.25, 0.3) is 5.91 Å². The molecule has 0 spiro atoms. The molecule has 180 valence electrons. The Morgan fingerprint density at radius 3 is 2.23 bits per heavy atom. The fraction of sp³-hybridized carbons (Fsp3) is 0.167. The molecule has 0 saturated carbocycles. The molecule has 5 rings (SSSR count). The van der Waals surface area contributed by atoms with Crippen molar-refractivity contribution < 1.29 is 14.6 Å². The summed E-state index contributed by atoms with van der Waals surface area (Å²) >= 11 is 6.56. The molecule has 1 amide bonds. The van der Waals surface area contributed by atoms with Crippen LogP contribution in [0.15, 0.2) is 63.4 Å². The third kappa shape index (κ3) is 6.43. The first kappa shape index (κ1) is 25.2. The zero-order valence-corrected chi connectivity index (χ0v) is 22.4. The van der Waals surface area contributed by atoms with Gasteiger partial charge in [-0.3, -0.25) is 9.78 Å². The van der Waals surface area contributed by atoms with Gasteiger partial charge in [0, 0.05) is 30.9 Å². The highest BCUT2D eigenvalue weighted by molar-refractivity contribution is 8.00. The van der Waals surface area contributed by atoms with Gasteiger partial charge in [-0.1, -0.05) is 23.5 Å². The Hall–Kier alpha value is -2.86. The van der Waals surface area contributed by atoms with Gasteiger partial charge in [0.2, 0.25) is 0 Å². The molecule has 0 fully saturated rings. The number of hydrogen-bond donors (Lipinski definition) is 2. The van der Waals surface area contributed by atoms with Crippen molar-refractivity contribution in [2.24, 2.45) is 0 Å². The molecule has 0 bridgehead atoms. The molecular weight excluding hydrogens is 521 g/mol. The normalized spacial score (nSPS) is 10.7. The lowest BCUT2D eigenvalue weighted by Crippen LogP contribution is -2.23. The number of aromatic nitrogens is 3. The van der Waals surface area contributed by atoms with E-state index in [2.05, 4.69) is 20.3 Å². The molecule has 3 aromatic heterocycles. The van der Waals surface area contributed by atoms with E-state index in [-0.39, 0.29) is 11.7 Å². The maximum absolute atomic E-state index is 11.8. The van der Waals surface area contributed by atoms with Crippen molar-refractivity contribution in [3.05, 3.63) is 60.4 Å². The van der Waals surface area contributed by atoms with Crippen LogP contribution in [0.3, 0.4) is 0 Å².